The number of rotatable bonds is 3. The average Bonchev–Trinajstić information content (AvgIpc) is 2.78. The molecule has 0 bridgehead atoms. The number of carbonyl (C=O) groups is 1. The quantitative estimate of drug-likeness (QED) is 0.930. The standard InChI is InChI=1S/C17H24N2O2/c1-13-3-5-14(6-4-13)11-19-12-17(2,21-16(19)20)15-7-9-18-10-8-15/h3-6,15,18H,7-12H2,1-2H3. The summed E-state index contributed by atoms with van der Waals surface area (Å²) in [6, 6.07) is 8.34. The van der Waals surface area contributed by atoms with Crippen molar-refractivity contribution in [1.82, 2.24) is 10.2 Å². The Balaban J connectivity index is 1.67. The van der Waals surface area contributed by atoms with Crippen LogP contribution in [0, 0.1) is 12.8 Å². The average molecular weight is 288 g/mol. The van der Waals surface area contributed by atoms with Gasteiger partial charge in [-0.1, -0.05) is 29.8 Å². The van der Waals surface area contributed by atoms with Gasteiger partial charge in [-0.2, -0.15) is 0 Å². The Morgan fingerprint density at radius 3 is 2.62 bits per heavy atom. The number of nitrogens with zero attached hydrogens (tertiary/aromatic N) is 1. The minimum absolute atomic E-state index is 0.170. The molecule has 1 amide bonds. The molecule has 1 unspecified atom stereocenters. The van der Waals surface area contributed by atoms with Crippen molar-refractivity contribution in [1.29, 1.82) is 0 Å². The first-order valence-corrected chi connectivity index (χ1v) is 7.81. The molecule has 0 radical (unpaired) electrons. The van der Waals surface area contributed by atoms with Crippen LogP contribution in [-0.2, 0) is 11.3 Å². The second-order valence-electron chi connectivity index (χ2n) is 6.55. The third-order valence-corrected chi connectivity index (χ3v) is 4.78. The van der Waals surface area contributed by atoms with Gasteiger partial charge in [0.25, 0.3) is 0 Å². The summed E-state index contributed by atoms with van der Waals surface area (Å²) in [7, 11) is 0. The molecule has 0 aromatic heterocycles. The summed E-state index contributed by atoms with van der Waals surface area (Å²) in [6.07, 6.45) is 2.00. The van der Waals surface area contributed by atoms with Gasteiger partial charge in [-0.25, -0.2) is 4.79 Å². The predicted molar refractivity (Wildman–Crippen MR) is 82.1 cm³/mol. The van der Waals surface area contributed by atoms with Crippen LogP contribution in [0.2, 0.25) is 0 Å². The van der Waals surface area contributed by atoms with Crippen molar-refractivity contribution in [2.45, 2.75) is 38.8 Å². The summed E-state index contributed by atoms with van der Waals surface area (Å²) in [5.74, 6) is 0.464. The Hall–Kier alpha value is -1.55. The minimum Gasteiger partial charge on any atom is -0.441 e. The molecule has 0 spiro atoms. The van der Waals surface area contributed by atoms with E-state index in [1.807, 2.05) is 4.90 Å². The Morgan fingerprint density at radius 2 is 1.95 bits per heavy atom. The summed E-state index contributed by atoms with van der Waals surface area (Å²) in [4.78, 5) is 14.0. The molecule has 1 atom stereocenters. The lowest BCUT2D eigenvalue weighted by Crippen LogP contribution is -2.44. The largest absolute Gasteiger partial charge is 0.441 e. The number of hydrogen-bond acceptors (Lipinski definition) is 3. The molecular weight excluding hydrogens is 264 g/mol. The van der Waals surface area contributed by atoms with E-state index in [1.165, 1.54) is 5.56 Å². The van der Waals surface area contributed by atoms with Gasteiger partial charge in [-0.15, -0.1) is 0 Å². The van der Waals surface area contributed by atoms with Gasteiger partial charge < -0.3 is 10.1 Å². The monoisotopic (exact) mass is 288 g/mol. The zero-order valence-corrected chi connectivity index (χ0v) is 12.9. The van der Waals surface area contributed by atoms with Gasteiger partial charge in [0, 0.05) is 12.5 Å². The van der Waals surface area contributed by atoms with E-state index in [1.54, 1.807) is 0 Å². The van der Waals surface area contributed by atoms with Crippen molar-refractivity contribution in [3.63, 3.8) is 0 Å². The number of cyclic esters (lactones) is 1. The molecule has 21 heavy (non-hydrogen) atoms. The maximum absolute atomic E-state index is 12.2. The fraction of sp³-hybridized carbons (Fsp3) is 0.588. The van der Waals surface area contributed by atoms with Crippen molar-refractivity contribution in [3.05, 3.63) is 35.4 Å². The van der Waals surface area contributed by atoms with Gasteiger partial charge in [-0.05, 0) is 45.3 Å². The Morgan fingerprint density at radius 1 is 1.29 bits per heavy atom. The number of piperidine rings is 1. The van der Waals surface area contributed by atoms with Gasteiger partial charge in [0.2, 0.25) is 0 Å². The van der Waals surface area contributed by atoms with Crippen LogP contribution < -0.4 is 5.32 Å². The smallest absolute Gasteiger partial charge is 0.410 e. The number of aryl methyl sites for hydroxylation is 1. The van der Waals surface area contributed by atoms with Crippen LogP contribution in [0.3, 0.4) is 0 Å². The van der Waals surface area contributed by atoms with E-state index in [0.29, 0.717) is 19.0 Å². The molecule has 2 aliphatic heterocycles. The third kappa shape index (κ3) is 3.05. The van der Waals surface area contributed by atoms with Crippen molar-refractivity contribution in [3.8, 4) is 0 Å². The highest BCUT2D eigenvalue weighted by molar-refractivity contribution is 5.70. The maximum atomic E-state index is 12.2. The van der Waals surface area contributed by atoms with Crippen molar-refractivity contribution in [2.75, 3.05) is 19.6 Å². The van der Waals surface area contributed by atoms with Crippen LogP contribution in [0.4, 0.5) is 4.79 Å². The molecule has 2 aliphatic rings. The fourth-order valence-electron chi connectivity index (χ4n) is 3.42. The molecule has 1 aromatic carbocycles. The molecule has 0 saturated carbocycles. The lowest BCUT2D eigenvalue weighted by molar-refractivity contribution is 0.00943. The van der Waals surface area contributed by atoms with Crippen molar-refractivity contribution < 1.29 is 9.53 Å². The summed E-state index contributed by atoms with van der Waals surface area (Å²) in [5, 5.41) is 3.37. The van der Waals surface area contributed by atoms with Gasteiger partial charge in [0.1, 0.15) is 5.60 Å². The van der Waals surface area contributed by atoms with Gasteiger partial charge in [-0.3, -0.25) is 4.90 Å². The second-order valence-corrected chi connectivity index (χ2v) is 6.55. The molecule has 4 heteroatoms. The number of benzene rings is 1. The Labute approximate surface area is 126 Å². The number of ether oxygens (including phenoxy) is 1. The van der Waals surface area contributed by atoms with Crippen molar-refractivity contribution >= 4 is 6.09 Å². The van der Waals surface area contributed by atoms with Crippen LogP contribution in [0.25, 0.3) is 0 Å². The molecule has 1 N–H and O–H groups in total. The van der Waals surface area contributed by atoms with E-state index in [9.17, 15) is 4.79 Å². The SMILES string of the molecule is Cc1ccc(CN2CC(C)(C3CCNCC3)OC2=O)cc1. The summed E-state index contributed by atoms with van der Waals surface area (Å²) < 4.78 is 5.76. The first kappa shape index (κ1) is 14.4. The topological polar surface area (TPSA) is 41.6 Å². The Bertz CT molecular complexity index is 508. The van der Waals surface area contributed by atoms with E-state index < -0.39 is 0 Å². The molecule has 3 rings (SSSR count). The van der Waals surface area contributed by atoms with Crippen LogP contribution in [0.5, 0.6) is 0 Å². The highest BCUT2D eigenvalue weighted by Gasteiger charge is 2.46. The predicted octanol–water partition coefficient (Wildman–Crippen LogP) is 2.71. The minimum atomic E-state index is -0.329. The van der Waals surface area contributed by atoms with Gasteiger partial charge in [0.15, 0.2) is 0 Å². The number of carbonyl (C=O) groups excluding carboxylic acids is 1. The van der Waals surface area contributed by atoms with E-state index in [-0.39, 0.29) is 11.7 Å². The zero-order chi connectivity index (χ0) is 14.9. The number of amides is 1. The molecule has 2 fully saturated rings. The van der Waals surface area contributed by atoms with Crippen LogP contribution >= 0.6 is 0 Å². The normalized spacial score (nSPS) is 27.0. The molecule has 4 nitrogen and oxygen atoms in total. The van der Waals surface area contributed by atoms with Crippen molar-refractivity contribution in [2.24, 2.45) is 5.92 Å². The van der Waals surface area contributed by atoms with E-state index in [2.05, 4.69) is 43.4 Å². The Kier molecular flexibility index (Phi) is 3.89. The highest BCUT2D eigenvalue weighted by Crippen LogP contribution is 2.35. The highest BCUT2D eigenvalue weighted by atomic mass is 16.6. The zero-order valence-electron chi connectivity index (χ0n) is 12.9. The lowest BCUT2D eigenvalue weighted by atomic mass is 9.82. The van der Waals surface area contributed by atoms with Gasteiger partial charge >= 0.3 is 6.09 Å². The summed E-state index contributed by atoms with van der Waals surface area (Å²) in [5.41, 5.74) is 2.07. The van der Waals surface area contributed by atoms with E-state index >= 15 is 0 Å². The van der Waals surface area contributed by atoms with E-state index in [4.69, 9.17) is 4.74 Å². The molecule has 0 aliphatic carbocycles. The van der Waals surface area contributed by atoms with E-state index in [0.717, 1.165) is 31.5 Å². The first-order chi connectivity index (χ1) is 10.1. The summed E-state index contributed by atoms with van der Waals surface area (Å²) in [6.45, 7) is 7.55. The van der Waals surface area contributed by atoms with Crippen LogP contribution in [0.15, 0.2) is 24.3 Å². The number of nitrogens with one attached hydrogen (secondary N) is 1. The molecule has 1 aromatic rings. The molecule has 2 saturated heterocycles. The summed E-state index contributed by atoms with van der Waals surface area (Å²) >= 11 is 0. The molecular formula is C17H24N2O2. The fourth-order valence-corrected chi connectivity index (χ4v) is 3.42. The lowest BCUT2D eigenvalue weighted by Gasteiger charge is -2.34. The first-order valence-electron chi connectivity index (χ1n) is 7.81. The molecule has 2 heterocycles. The third-order valence-electron chi connectivity index (χ3n) is 4.78. The number of hydrogen-bond donors (Lipinski definition) is 1. The van der Waals surface area contributed by atoms with Crippen LogP contribution in [-0.4, -0.2) is 36.2 Å². The molecule has 114 valence electrons. The van der Waals surface area contributed by atoms with Gasteiger partial charge in [0.05, 0.1) is 6.54 Å². The van der Waals surface area contributed by atoms with Crippen LogP contribution in [0.1, 0.15) is 30.9 Å². The second kappa shape index (κ2) is 5.68. The maximum Gasteiger partial charge on any atom is 0.410 e.